The average molecular weight is 289 g/mol. The van der Waals surface area contributed by atoms with Gasteiger partial charge >= 0.3 is 0 Å². The first-order chi connectivity index (χ1) is 10.2. The summed E-state index contributed by atoms with van der Waals surface area (Å²) in [7, 11) is 0. The first kappa shape index (κ1) is 15.2. The third kappa shape index (κ3) is 4.40. The molecule has 6 nitrogen and oxygen atoms in total. The molecule has 4 N–H and O–H groups in total. The lowest BCUT2D eigenvalue weighted by Crippen LogP contribution is -2.29. The Morgan fingerprint density at radius 3 is 2.95 bits per heavy atom. The Hall–Kier alpha value is -2.18. The van der Waals surface area contributed by atoms with Gasteiger partial charge in [-0.25, -0.2) is 0 Å². The van der Waals surface area contributed by atoms with Crippen molar-refractivity contribution in [3.8, 4) is 0 Å². The monoisotopic (exact) mass is 289 g/mol. The van der Waals surface area contributed by atoms with E-state index in [4.69, 9.17) is 15.6 Å². The molecular formula is C15H19N3O3. The number of rotatable bonds is 7. The quantitative estimate of drug-likeness (QED) is 0.509. The van der Waals surface area contributed by atoms with E-state index in [0.717, 1.165) is 5.39 Å². The first-order valence-corrected chi connectivity index (χ1v) is 6.80. The average Bonchev–Trinajstić information content (AvgIpc) is 2.48. The zero-order chi connectivity index (χ0) is 15.1. The molecule has 0 saturated heterocycles. The van der Waals surface area contributed by atoms with Crippen LogP contribution in [0.4, 0.5) is 5.69 Å². The zero-order valence-electron chi connectivity index (χ0n) is 11.7. The van der Waals surface area contributed by atoms with E-state index >= 15 is 0 Å². The Balaban J connectivity index is 1.90. The molecule has 2 rings (SSSR count). The number of anilines is 1. The largest absolute Gasteiger partial charge is 0.397 e. The van der Waals surface area contributed by atoms with Crippen LogP contribution < -0.4 is 11.1 Å². The second-order valence-electron chi connectivity index (χ2n) is 4.58. The fourth-order valence-corrected chi connectivity index (χ4v) is 1.97. The lowest BCUT2D eigenvalue weighted by atomic mass is 10.1. The SMILES string of the molecule is Nc1cccc2ccc(CC(=O)NCCOCCO)nc12. The van der Waals surface area contributed by atoms with Crippen LogP contribution in [0.2, 0.25) is 0 Å². The third-order valence-electron chi connectivity index (χ3n) is 2.95. The van der Waals surface area contributed by atoms with Crippen molar-refractivity contribution >= 4 is 22.5 Å². The Kier molecular flexibility index (Phi) is 5.48. The number of ether oxygens (including phenoxy) is 1. The molecule has 1 aromatic heterocycles. The summed E-state index contributed by atoms with van der Waals surface area (Å²) in [5.74, 6) is -0.121. The van der Waals surface area contributed by atoms with Crippen molar-refractivity contribution in [3.05, 3.63) is 36.0 Å². The highest BCUT2D eigenvalue weighted by Crippen LogP contribution is 2.18. The second-order valence-corrected chi connectivity index (χ2v) is 4.58. The van der Waals surface area contributed by atoms with Crippen LogP contribution in [0, 0.1) is 0 Å². The minimum absolute atomic E-state index is 0.0175. The maximum atomic E-state index is 11.8. The van der Waals surface area contributed by atoms with Gasteiger partial charge in [-0.1, -0.05) is 18.2 Å². The van der Waals surface area contributed by atoms with Crippen LogP contribution in [0.3, 0.4) is 0 Å². The number of nitrogens with one attached hydrogen (secondary N) is 1. The lowest BCUT2D eigenvalue weighted by molar-refractivity contribution is -0.120. The van der Waals surface area contributed by atoms with Gasteiger partial charge in [0.15, 0.2) is 0 Å². The summed E-state index contributed by atoms with van der Waals surface area (Å²) in [5, 5.41) is 12.2. The van der Waals surface area contributed by atoms with Crippen molar-refractivity contribution in [2.24, 2.45) is 0 Å². The number of carbonyl (C=O) groups is 1. The van der Waals surface area contributed by atoms with Crippen molar-refractivity contribution in [3.63, 3.8) is 0 Å². The highest BCUT2D eigenvalue weighted by molar-refractivity contribution is 5.89. The summed E-state index contributed by atoms with van der Waals surface area (Å²) in [6.07, 6.45) is 0.199. The lowest BCUT2D eigenvalue weighted by Gasteiger charge is -2.07. The zero-order valence-corrected chi connectivity index (χ0v) is 11.7. The number of aliphatic hydroxyl groups excluding tert-OH is 1. The van der Waals surface area contributed by atoms with Gasteiger partial charge in [0.2, 0.25) is 5.91 Å². The fourth-order valence-electron chi connectivity index (χ4n) is 1.97. The van der Waals surface area contributed by atoms with E-state index in [1.165, 1.54) is 0 Å². The molecule has 0 fully saturated rings. The van der Waals surface area contributed by atoms with Gasteiger partial charge in [-0.15, -0.1) is 0 Å². The number of aliphatic hydroxyl groups is 1. The van der Waals surface area contributed by atoms with Crippen molar-refractivity contribution in [1.82, 2.24) is 10.3 Å². The number of para-hydroxylation sites is 1. The molecule has 1 aromatic carbocycles. The number of hydrogen-bond donors (Lipinski definition) is 3. The molecule has 0 radical (unpaired) electrons. The summed E-state index contributed by atoms with van der Waals surface area (Å²) in [6, 6.07) is 9.33. The Bertz CT molecular complexity index is 616. The molecule has 21 heavy (non-hydrogen) atoms. The van der Waals surface area contributed by atoms with E-state index in [0.29, 0.717) is 30.0 Å². The maximum Gasteiger partial charge on any atom is 0.226 e. The van der Waals surface area contributed by atoms with Crippen LogP contribution in [0.5, 0.6) is 0 Å². The number of pyridine rings is 1. The number of hydrogen-bond acceptors (Lipinski definition) is 5. The van der Waals surface area contributed by atoms with Crippen LogP contribution in [0.15, 0.2) is 30.3 Å². The number of nitrogens with zero attached hydrogens (tertiary/aromatic N) is 1. The standard InChI is InChI=1S/C15H19N3O3/c16-13-3-1-2-11-4-5-12(18-15(11)13)10-14(20)17-6-8-21-9-7-19/h1-5,19H,6-10,16H2,(H,17,20). The summed E-state index contributed by atoms with van der Waals surface area (Å²) in [4.78, 5) is 16.2. The number of nitrogen functional groups attached to an aromatic ring is 1. The van der Waals surface area contributed by atoms with E-state index in [1.807, 2.05) is 24.3 Å². The van der Waals surface area contributed by atoms with E-state index < -0.39 is 0 Å². The number of fused-ring (bicyclic) bond motifs is 1. The summed E-state index contributed by atoms with van der Waals surface area (Å²) in [6.45, 7) is 1.05. The molecule has 1 amide bonds. The number of carbonyl (C=O) groups excluding carboxylic acids is 1. The maximum absolute atomic E-state index is 11.8. The van der Waals surface area contributed by atoms with Crippen LogP contribution in [0.1, 0.15) is 5.69 Å². The number of benzene rings is 1. The predicted octanol–water partition coefficient (Wildman–Crippen LogP) is 0.485. The molecule has 0 spiro atoms. The number of nitrogens with two attached hydrogens (primary N) is 1. The molecule has 0 saturated carbocycles. The predicted molar refractivity (Wildman–Crippen MR) is 80.8 cm³/mol. The van der Waals surface area contributed by atoms with Gasteiger partial charge in [-0.05, 0) is 12.1 Å². The van der Waals surface area contributed by atoms with Gasteiger partial charge < -0.3 is 20.9 Å². The highest BCUT2D eigenvalue weighted by Gasteiger charge is 2.06. The number of aromatic nitrogens is 1. The van der Waals surface area contributed by atoms with E-state index in [2.05, 4.69) is 10.3 Å². The topological polar surface area (TPSA) is 97.5 Å². The molecular weight excluding hydrogens is 270 g/mol. The molecule has 0 aliphatic rings. The van der Waals surface area contributed by atoms with E-state index in [-0.39, 0.29) is 25.5 Å². The highest BCUT2D eigenvalue weighted by atomic mass is 16.5. The molecule has 2 aromatic rings. The van der Waals surface area contributed by atoms with Gasteiger partial charge in [0, 0.05) is 11.9 Å². The molecule has 0 unspecified atom stereocenters. The van der Waals surface area contributed by atoms with Crippen molar-refractivity contribution in [1.29, 1.82) is 0 Å². The normalized spacial score (nSPS) is 10.7. The smallest absolute Gasteiger partial charge is 0.226 e. The molecule has 0 aliphatic heterocycles. The molecule has 0 bridgehead atoms. The van der Waals surface area contributed by atoms with Gasteiger partial charge in [0.25, 0.3) is 0 Å². The van der Waals surface area contributed by atoms with Gasteiger partial charge in [0.1, 0.15) is 0 Å². The Morgan fingerprint density at radius 2 is 2.14 bits per heavy atom. The number of amides is 1. The molecule has 6 heteroatoms. The fraction of sp³-hybridized carbons (Fsp3) is 0.333. The van der Waals surface area contributed by atoms with Gasteiger partial charge in [0.05, 0.1) is 43.1 Å². The Morgan fingerprint density at radius 1 is 1.29 bits per heavy atom. The summed E-state index contributed by atoms with van der Waals surface area (Å²) in [5.41, 5.74) is 7.88. The molecule has 1 heterocycles. The van der Waals surface area contributed by atoms with Crippen molar-refractivity contribution < 1.29 is 14.6 Å². The summed E-state index contributed by atoms with van der Waals surface area (Å²) < 4.78 is 5.06. The van der Waals surface area contributed by atoms with Crippen molar-refractivity contribution in [2.75, 3.05) is 32.1 Å². The van der Waals surface area contributed by atoms with Crippen LogP contribution in [-0.4, -0.2) is 42.4 Å². The van der Waals surface area contributed by atoms with Crippen molar-refractivity contribution in [2.45, 2.75) is 6.42 Å². The Labute approximate surface area is 122 Å². The second kappa shape index (κ2) is 7.56. The van der Waals surface area contributed by atoms with Crippen LogP contribution in [-0.2, 0) is 16.0 Å². The van der Waals surface area contributed by atoms with Crippen LogP contribution in [0.25, 0.3) is 10.9 Å². The van der Waals surface area contributed by atoms with Gasteiger partial charge in [-0.3, -0.25) is 9.78 Å². The minimum Gasteiger partial charge on any atom is -0.397 e. The van der Waals surface area contributed by atoms with Crippen LogP contribution >= 0.6 is 0 Å². The van der Waals surface area contributed by atoms with E-state index in [9.17, 15) is 4.79 Å². The molecule has 0 aliphatic carbocycles. The minimum atomic E-state index is -0.121. The molecule has 112 valence electrons. The third-order valence-corrected chi connectivity index (χ3v) is 2.95. The summed E-state index contributed by atoms with van der Waals surface area (Å²) >= 11 is 0. The molecule has 0 atom stereocenters. The first-order valence-electron chi connectivity index (χ1n) is 6.80. The van der Waals surface area contributed by atoms with E-state index in [1.54, 1.807) is 6.07 Å². The van der Waals surface area contributed by atoms with Gasteiger partial charge in [-0.2, -0.15) is 0 Å².